The number of aliphatic hydroxyl groups excluding tert-OH is 8. The summed E-state index contributed by atoms with van der Waals surface area (Å²) in [6.45, 7) is 2.75. The van der Waals surface area contributed by atoms with Crippen LogP contribution in [0.5, 0.6) is 0 Å². The minimum Gasteiger partial charge on any atom is -0.394 e. The van der Waals surface area contributed by atoms with E-state index in [0.29, 0.717) is 6.42 Å². The molecule has 12 unspecified atom stereocenters. The van der Waals surface area contributed by atoms with Gasteiger partial charge in [0.25, 0.3) is 0 Å². The fourth-order valence-electron chi connectivity index (χ4n) is 14.5. The maximum atomic E-state index is 13.4. The standard InChI is InChI=1S/C90H165NO13/c1-3-5-7-9-11-13-15-17-19-21-23-25-27-29-31-33-35-36-37-38-39-40-41-42-44-46-48-50-52-54-56-58-60-62-64-66-68-70-72-74-82(95)91-78(77-101-89-87(100)85(98)88(81(76-93)103-89)104-90-86(99)84(97)83(96)80(75-92)102-90)79(94)73-71-69-67-65-63-61-59-57-55-53-51-49-47-45-43-34-32-30-28-26-24-22-20-18-16-14-12-10-8-6-4-2/h5,7,11,13,17,19,23,25,29,31,71,73,78-81,83-90,92-94,96-100H,3-4,6,8-10,12,14-16,18,20-22,24,26-28,30,32-70,72,74-77H2,1-2H3,(H,91,95)/b7-5-,13-11-,19-17-,25-23-,31-29-,73-71+. The zero-order chi connectivity index (χ0) is 75.1. The average molecular weight is 1470 g/mol. The molecule has 14 nitrogen and oxygen atoms in total. The van der Waals surface area contributed by atoms with Crippen molar-refractivity contribution in [1.82, 2.24) is 5.32 Å². The van der Waals surface area contributed by atoms with Gasteiger partial charge in [0.1, 0.15) is 48.8 Å². The lowest BCUT2D eigenvalue weighted by Crippen LogP contribution is -2.65. The van der Waals surface area contributed by atoms with Gasteiger partial charge >= 0.3 is 0 Å². The van der Waals surface area contributed by atoms with E-state index in [9.17, 15) is 45.6 Å². The Hall–Kier alpha value is -2.57. The number of carbonyl (C=O) groups is 1. The molecule has 14 heteroatoms. The van der Waals surface area contributed by atoms with Crippen molar-refractivity contribution in [3.8, 4) is 0 Å². The Morgan fingerprint density at radius 2 is 0.663 bits per heavy atom. The highest BCUT2D eigenvalue weighted by Gasteiger charge is 2.51. The lowest BCUT2D eigenvalue weighted by molar-refractivity contribution is -0.359. The molecule has 0 aromatic carbocycles. The van der Waals surface area contributed by atoms with Crippen molar-refractivity contribution >= 4 is 5.91 Å². The van der Waals surface area contributed by atoms with Crippen molar-refractivity contribution in [3.63, 3.8) is 0 Å². The average Bonchev–Trinajstić information content (AvgIpc) is 0.791. The molecule has 1 amide bonds. The number of unbranched alkanes of at least 4 members (excludes halogenated alkanes) is 52. The van der Waals surface area contributed by atoms with E-state index in [-0.39, 0.29) is 18.9 Å². The van der Waals surface area contributed by atoms with Crippen LogP contribution in [0.4, 0.5) is 0 Å². The first kappa shape index (κ1) is 97.5. The lowest BCUT2D eigenvalue weighted by atomic mass is 9.97. The largest absolute Gasteiger partial charge is 0.394 e. The molecule has 2 aliphatic rings. The Morgan fingerprint density at radius 1 is 0.356 bits per heavy atom. The van der Waals surface area contributed by atoms with Crippen LogP contribution in [0.2, 0.25) is 0 Å². The van der Waals surface area contributed by atoms with Crippen LogP contribution < -0.4 is 5.32 Å². The number of aliphatic hydroxyl groups is 8. The smallest absolute Gasteiger partial charge is 0.220 e. The quantitative estimate of drug-likeness (QED) is 0.0204. The molecule has 0 saturated carbocycles. The number of allylic oxidation sites excluding steroid dienone is 11. The van der Waals surface area contributed by atoms with E-state index >= 15 is 0 Å². The normalized spacial score (nSPS) is 21.8. The Labute approximate surface area is 638 Å². The number of hydrogen-bond donors (Lipinski definition) is 9. The SMILES string of the molecule is CC/C=C\C/C=C\C/C=C\C/C=C\C/C=C\CCCCCCCCCCCCCCCCCCCCCCCCCC(=O)NC(COC1OC(CO)C(OC2OC(CO)C(O)C(O)C2O)C(O)C1O)C(O)/C=C/CCCCCCCCCCCCCCCCCCCCCCCCCCCCCCC. The summed E-state index contributed by atoms with van der Waals surface area (Å²) in [5.74, 6) is -0.232. The van der Waals surface area contributed by atoms with E-state index < -0.39 is 86.8 Å². The maximum absolute atomic E-state index is 13.4. The summed E-state index contributed by atoms with van der Waals surface area (Å²) < 4.78 is 23.0. The van der Waals surface area contributed by atoms with Gasteiger partial charge in [-0.15, -0.1) is 0 Å². The first-order valence-electron chi connectivity index (χ1n) is 44.2. The number of ether oxygens (including phenoxy) is 4. The van der Waals surface area contributed by atoms with Gasteiger partial charge in [0, 0.05) is 6.42 Å². The molecule has 2 rings (SSSR count). The third-order valence-corrected chi connectivity index (χ3v) is 21.4. The molecule has 608 valence electrons. The molecule has 0 radical (unpaired) electrons. The summed E-state index contributed by atoms with van der Waals surface area (Å²) in [6, 6.07) is -0.918. The molecule has 0 aromatic rings. The minimum atomic E-state index is -1.79. The number of carbonyl (C=O) groups excluding carboxylic acids is 1. The highest BCUT2D eigenvalue weighted by molar-refractivity contribution is 5.76. The molecule has 2 heterocycles. The number of nitrogens with one attached hydrogen (secondary N) is 1. The predicted molar refractivity (Wildman–Crippen MR) is 433 cm³/mol. The summed E-state index contributed by atoms with van der Waals surface area (Å²) in [5.41, 5.74) is 0. The van der Waals surface area contributed by atoms with Gasteiger partial charge in [-0.05, 0) is 64.2 Å². The third-order valence-electron chi connectivity index (χ3n) is 21.4. The van der Waals surface area contributed by atoms with Crippen LogP contribution in [-0.4, -0.2) is 140 Å². The zero-order valence-corrected chi connectivity index (χ0v) is 67.0. The van der Waals surface area contributed by atoms with Crippen LogP contribution in [-0.2, 0) is 23.7 Å². The molecular weight excluding hydrogens is 1300 g/mol. The van der Waals surface area contributed by atoms with E-state index in [1.165, 1.54) is 302 Å². The van der Waals surface area contributed by atoms with Crippen molar-refractivity contribution in [2.45, 2.75) is 473 Å². The van der Waals surface area contributed by atoms with Crippen LogP contribution in [0, 0.1) is 0 Å². The molecule has 2 fully saturated rings. The summed E-state index contributed by atoms with van der Waals surface area (Å²) in [7, 11) is 0. The van der Waals surface area contributed by atoms with E-state index in [1.807, 2.05) is 6.08 Å². The highest BCUT2D eigenvalue weighted by atomic mass is 16.7. The second kappa shape index (κ2) is 73.2. The second-order valence-electron chi connectivity index (χ2n) is 31.0. The summed E-state index contributed by atoms with van der Waals surface area (Å²) in [4.78, 5) is 13.4. The Balaban J connectivity index is 1.57. The molecular formula is C90H165NO13. The van der Waals surface area contributed by atoms with Crippen molar-refractivity contribution in [1.29, 1.82) is 0 Å². The van der Waals surface area contributed by atoms with Crippen molar-refractivity contribution < 1.29 is 64.6 Å². The fourth-order valence-corrected chi connectivity index (χ4v) is 14.5. The summed E-state index contributed by atoms with van der Waals surface area (Å²) >= 11 is 0. The van der Waals surface area contributed by atoms with Crippen LogP contribution in [0.1, 0.15) is 399 Å². The van der Waals surface area contributed by atoms with Crippen LogP contribution in [0.25, 0.3) is 0 Å². The Bertz CT molecular complexity index is 2030. The number of amides is 1. The zero-order valence-electron chi connectivity index (χ0n) is 67.0. The minimum absolute atomic E-state index is 0.232. The maximum Gasteiger partial charge on any atom is 0.220 e. The highest BCUT2D eigenvalue weighted by Crippen LogP contribution is 2.31. The summed E-state index contributed by atoms with van der Waals surface area (Å²) in [6.07, 6.45) is 85.8. The van der Waals surface area contributed by atoms with Gasteiger partial charge in [-0.3, -0.25) is 4.79 Å². The Kier molecular flexibility index (Phi) is 68.7. The van der Waals surface area contributed by atoms with Gasteiger partial charge < -0.3 is 65.1 Å². The van der Waals surface area contributed by atoms with Gasteiger partial charge in [-0.25, -0.2) is 0 Å². The second-order valence-corrected chi connectivity index (χ2v) is 31.0. The van der Waals surface area contributed by atoms with Crippen LogP contribution in [0.3, 0.4) is 0 Å². The van der Waals surface area contributed by atoms with Gasteiger partial charge in [0.05, 0.1) is 32.0 Å². The van der Waals surface area contributed by atoms with E-state index in [0.717, 1.165) is 70.6 Å². The molecule has 12 atom stereocenters. The van der Waals surface area contributed by atoms with Gasteiger partial charge in [0.15, 0.2) is 12.6 Å². The van der Waals surface area contributed by atoms with Crippen molar-refractivity contribution in [3.05, 3.63) is 72.9 Å². The summed E-state index contributed by atoms with van der Waals surface area (Å²) in [5, 5.41) is 87.9. The number of hydrogen-bond acceptors (Lipinski definition) is 13. The van der Waals surface area contributed by atoms with E-state index in [2.05, 4.69) is 79.9 Å². The first-order chi connectivity index (χ1) is 51.1. The van der Waals surface area contributed by atoms with Crippen molar-refractivity contribution in [2.75, 3.05) is 19.8 Å². The fraction of sp³-hybridized carbons (Fsp3) is 0.856. The lowest BCUT2D eigenvalue weighted by Gasteiger charge is -2.46. The first-order valence-corrected chi connectivity index (χ1v) is 44.2. The van der Waals surface area contributed by atoms with Crippen molar-refractivity contribution in [2.24, 2.45) is 0 Å². The van der Waals surface area contributed by atoms with Crippen LogP contribution >= 0.6 is 0 Å². The molecule has 0 bridgehead atoms. The monoisotopic (exact) mass is 1470 g/mol. The van der Waals surface area contributed by atoms with Gasteiger partial charge in [-0.1, -0.05) is 401 Å². The predicted octanol–water partition coefficient (Wildman–Crippen LogP) is 21.3. The third kappa shape index (κ3) is 54.9. The topological polar surface area (TPSA) is 228 Å². The van der Waals surface area contributed by atoms with Crippen LogP contribution in [0.15, 0.2) is 72.9 Å². The molecule has 0 aliphatic carbocycles. The molecule has 0 spiro atoms. The van der Waals surface area contributed by atoms with E-state index in [1.54, 1.807) is 6.08 Å². The molecule has 0 aromatic heterocycles. The molecule has 2 aliphatic heterocycles. The van der Waals surface area contributed by atoms with Gasteiger partial charge in [0.2, 0.25) is 5.91 Å². The van der Waals surface area contributed by atoms with Gasteiger partial charge in [-0.2, -0.15) is 0 Å². The van der Waals surface area contributed by atoms with E-state index in [4.69, 9.17) is 18.9 Å². The molecule has 104 heavy (non-hydrogen) atoms. The Morgan fingerprint density at radius 3 is 1.02 bits per heavy atom. The molecule has 9 N–H and O–H groups in total. The molecule has 2 saturated heterocycles. The number of rotatable bonds is 75.